The van der Waals surface area contributed by atoms with Gasteiger partial charge >= 0.3 is 5.97 Å². The van der Waals surface area contributed by atoms with E-state index in [0.29, 0.717) is 11.0 Å². The molecule has 1 rings (SSSR count). The number of piperidine rings is 1. The van der Waals surface area contributed by atoms with Crippen LogP contribution in [0.25, 0.3) is 0 Å². The van der Waals surface area contributed by atoms with Crippen LogP contribution in [0.5, 0.6) is 0 Å². The van der Waals surface area contributed by atoms with Gasteiger partial charge < -0.3 is 15.7 Å². The molecular formula is C11H20N2O3S. The lowest BCUT2D eigenvalue weighted by Gasteiger charge is -2.21. The lowest BCUT2D eigenvalue weighted by atomic mass is 10.2. The molecule has 0 radical (unpaired) electrons. The van der Waals surface area contributed by atoms with Crippen LogP contribution in [0.4, 0.5) is 0 Å². The van der Waals surface area contributed by atoms with E-state index in [0.717, 1.165) is 25.9 Å². The van der Waals surface area contributed by atoms with E-state index in [1.54, 1.807) is 18.7 Å². The highest BCUT2D eigenvalue weighted by Gasteiger charge is 2.16. The molecule has 1 unspecified atom stereocenters. The number of carboxylic acid groups (broad SMARTS) is 1. The molecule has 6 heteroatoms. The smallest absolute Gasteiger partial charge is 0.308 e. The quantitative estimate of drug-likeness (QED) is 0.640. The van der Waals surface area contributed by atoms with Crippen molar-refractivity contribution in [2.45, 2.75) is 25.0 Å². The maximum absolute atomic E-state index is 11.5. The minimum atomic E-state index is -0.878. The Kier molecular flexibility index (Phi) is 6.36. The third kappa shape index (κ3) is 5.93. The minimum Gasteiger partial charge on any atom is -0.481 e. The average Bonchev–Trinajstić information content (AvgIpc) is 2.34. The van der Waals surface area contributed by atoms with E-state index < -0.39 is 11.9 Å². The molecule has 5 nitrogen and oxygen atoms in total. The molecule has 1 saturated heterocycles. The first-order chi connectivity index (χ1) is 8.09. The molecule has 98 valence electrons. The van der Waals surface area contributed by atoms with E-state index in [1.807, 2.05) is 0 Å². The average molecular weight is 260 g/mol. The van der Waals surface area contributed by atoms with Crippen molar-refractivity contribution in [2.75, 3.05) is 25.4 Å². The van der Waals surface area contributed by atoms with Crippen molar-refractivity contribution in [3.8, 4) is 0 Å². The van der Waals surface area contributed by atoms with Crippen LogP contribution < -0.4 is 10.6 Å². The fraction of sp³-hybridized carbons (Fsp3) is 0.818. The summed E-state index contributed by atoms with van der Waals surface area (Å²) in [5.74, 6) is -1.04. The van der Waals surface area contributed by atoms with Crippen molar-refractivity contribution >= 4 is 23.6 Å². The standard InChI is InChI=1S/C11H20N2O3S/c1-8(11(15)16)6-13-10(14)7-17-9-2-4-12-5-3-9/h8-9,12H,2-7H2,1H3,(H,13,14)(H,15,16). The van der Waals surface area contributed by atoms with E-state index in [-0.39, 0.29) is 12.5 Å². The Hall–Kier alpha value is -0.750. The molecule has 17 heavy (non-hydrogen) atoms. The number of aliphatic carboxylic acids is 1. The number of thioether (sulfide) groups is 1. The highest BCUT2D eigenvalue weighted by atomic mass is 32.2. The summed E-state index contributed by atoms with van der Waals surface area (Å²) in [6.45, 7) is 3.84. The van der Waals surface area contributed by atoms with E-state index in [9.17, 15) is 9.59 Å². The lowest BCUT2D eigenvalue weighted by Crippen LogP contribution is -2.34. The highest BCUT2D eigenvalue weighted by molar-refractivity contribution is 8.00. The zero-order valence-electron chi connectivity index (χ0n) is 10.1. The molecule has 1 atom stereocenters. The van der Waals surface area contributed by atoms with Crippen molar-refractivity contribution in [1.82, 2.24) is 10.6 Å². The summed E-state index contributed by atoms with van der Waals surface area (Å²) in [5.41, 5.74) is 0. The van der Waals surface area contributed by atoms with E-state index in [1.165, 1.54) is 0 Å². The fourth-order valence-electron chi connectivity index (χ4n) is 1.56. The maximum Gasteiger partial charge on any atom is 0.308 e. The number of carbonyl (C=O) groups excluding carboxylic acids is 1. The number of carboxylic acids is 1. The third-order valence-electron chi connectivity index (χ3n) is 2.76. The molecule has 1 aliphatic heterocycles. The van der Waals surface area contributed by atoms with E-state index in [2.05, 4.69) is 10.6 Å². The molecule has 3 N–H and O–H groups in total. The number of hydrogen-bond donors (Lipinski definition) is 3. The Morgan fingerprint density at radius 3 is 2.71 bits per heavy atom. The van der Waals surface area contributed by atoms with Gasteiger partial charge in [0, 0.05) is 11.8 Å². The molecular weight excluding hydrogens is 240 g/mol. The summed E-state index contributed by atoms with van der Waals surface area (Å²) >= 11 is 1.67. The number of rotatable bonds is 6. The molecule has 1 heterocycles. The summed E-state index contributed by atoms with van der Waals surface area (Å²) in [5, 5.41) is 15.1. The number of amides is 1. The van der Waals surface area contributed by atoms with Crippen molar-refractivity contribution in [3.05, 3.63) is 0 Å². The molecule has 1 aliphatic rings. The van der Waals surface area contributed by atoms with E-state index >= 15 is 0 Å². The second-order valence-electron chi connectivity index (χ2n) is 4.30. The summed E-state index contributed by atoms with van der Waals surface area (Å²) < 4.78 is 0. The van der Waals surface area contributed by atoms with Crippen molar-refractivity contribution in [1.29, 1.82) is 0 Å². The first-order valence-corrected chi connectivity index (χ1v) is 6.96. The maximum atomic E-state index is 11.5. The SMILES string of the molecule is CC(CNC(=O)CSC1CCNCC1)C(=O)O. The Bertz CT molecular complexity index is 267. The summed E-state index contributed by atoms with van der Waals surface area (Å²) in [6, 6.07) is 0. The third-order valence-corrected chi connectivity index (χ3v) is 4.13. The predicted molar refractivity (Wildman–Crippen MR) is 68.2 cm³/mol. The topological polar surface area (TPSA) is 78.4 Å². The first-order valence-electron chi connectivity index (χ1n) is 5.91. The van der Waals surface area contributed by atoms with E-state index in [4.69, 9.17) is 5.11 Å². The van der Waals surface area contributed by atoms with Crippen molar-refractivity contribution < 1.29 is 14.7 Å². The first kappa shape index (κ1) is 14.3. The predicted octanol–water partition coefficient (Wildman–Crippen LogP) is 0.309. The lowest BCUT2D eigenvalue weighted by molar-refractivity contribution is -0.141. The molecule has 1 amide bonds. The zero-order chi connectivity index (χ0) is 12.7. The van der Waals surface area contributed by atoms with Gasteiger partial charge in [-0.3, -0.25) is 9.59 Å². The Balaban J connectivity index is 2.10. The Morgan fingerprint density at radius 1 is 1.47 bits per heavy atom. The highest BCUT2D eigenvalue weighted by Crippen LogP contribution is 2.19. The van der Waals surface area contributed by atoms with Gasteiger partial charge in [0.1, 0.15) is 0 Å². The number of hydrogen-bond acceptors (Lipinski definition) is 4. The fourth-order valence-corrected chi connectivity index (χ4v) is 2.62. The van der Waals surface area contributed by atoms with Gasteiger partial charge in [-0.15, -0.1) is 11.8 Å². The monoisotopic (exact) mass is 260 g/mol. The molecule has 0 aromatic carbocycles. The number of carbonyl (C=O) groups is 2. The van der Waals surface area contributed by atoms with Crippen LogP contribution in [-0.4, -0.2) is 47.6 Å². The largest absolute Gasteiger partial charge is 0.481 e. The Morgan fingerprint density at radius 2 is 2.12 bits per heavy atom. The molecule has 0 bridgehead atoms. The van der Waals surface area contributed by atoms with Gasteiger partial charge in [-0.1, -0.05) is 6.92 Å². The molecule has 1 fully saturated rings. The second-order valence-corrected chi connectivity index (χ2v) is 5.59. The van der Waals surface area contributed by atoms with Crippen molar-refractivity contribution in [3.63, 3.8) is 0 Å². The van der Waals surface area contributed by atoms with Crippen LogP contribution in [0.15, 0.2) is 0 Å². The van der Waals surface area contributed by atoms with Gasteiger partial charge in [0.25, 0.3) is 0 Å². The van der Waals surface area contributed by atoms with Crippen LogP contribution >= 0.6 is 11.8 Å². The molecule has 0 spiro atoms. The zero-order valence-corrected chi connectivity index (χ0v) is 10.9. The van der Waals surface area contributed by atoms with Crippen LogP contribution in [0.1, 0.15) is 19.8 Å². The van der Waals surface area contributed by atoms with Crippen LogP contribution in [0.3, 0.4) is 0 Å². The molecule has 0 aromatic heterocycles. The van der Waals surface area contributed by atoms with Crippen LogP contribution in [-0.2, 0) is 9.59 Å². The second kappa shape index (κ2) is 7.55. The van der Waals surface area contributed by atoms with Crippen LogP contribution in [0, 0.1) is 5.92 Å². The Labute approximate surface area is 106 Å². The summed E-state index contributed by atoms with van der Waals surface area (Å²) in [6.07, 6.45) is 2.20. The van der Waals surface area contributed by atoms with Gasteiger partial charge in [-0.25, -0.2) is 0 Å². The molecule has 0 saturated carbocycles. The van der Waals surface area contributed by atoms with Gasteiger partial charge in [-0.2, -0.15) is 0 Å². The van der Waals surface area contributed by atoms with Crippen LogP contribution in [0.2, 0.25) is 0 Å². The normalized spacial score (nSPS) is 18.6. The molecule has 0 aromatic rings. The van der Waals surface area contributed by atoms with Gasteiger partial charge in [0.05, 0.1) is 11.7 Å². The minimum absolute atomic E-state index is 0.0679. The van der Waals surface area contributed by atoms with Gasteiger partial charge in [0.2, 0.25) is 5.91 Å². The number of nitrogens with one attached hydrogen (secondary N) is 2. The summed E-state index contributed by atoms with van der Waals surface area (Å²) in [7, 11) is 0. The van der Waals surface area contributed by atoms with Gasteiger partial charge in [-0.05, 0) is 25.9 Å². The van der Waals surface area contributed by atoms with Crippen molar-refractivity contribution in [2.24, 2.45) is 5.92 Å². The van der Waals surface area contributed by atoms with Gasteiger partial charge in [0.15, 0.2) is 0 Å². The summed E-state index contributed by atoms with van der Waals surface area (Å²) in [4.78, 5) is 22.0. The molecule has 0 aliphatic carbocycles.